The topological polar surface area (TPSA) is 97.6 Å². The summed E-state index contributed by atoms with van der Waals surface area (Å²) in [5.41, 5.74) is -1.11. The van der Waals surface area contributed by atoms with Crippen LogP contribution in [0.5, 0.6) is 0 Å². The van der Waals surface area contributed by atoms with E-state index in [1.54, 1.807) is 6.92 Å². The highest BCUT2D eigenvalue weighted by atomic mass is 16.7. The first-order chi connectivity index (χ1) is 16.5. The van der Waals surface area contributed by atoms with Crippen molar-refractivity contribution in [2.75, 3.05) is 6.61 Å². The molecule has 0 aromatic rings. The molecule has 2 heterocycles. The van der Waals surface area contributed by atoms with Crippen molar-refractivity contribution < 1.29 is 34.3 Å². The molecule has 3 aliphatic rings. The van der Waals surface area contributed by atoms with Crippen LogP contribution >= 0.6 is 0 Å². The summed E-state index contributed by atoms with van der Waals surface area (Å²) in [6.45, 7) is 14.6. The summed E-state index contributed by atoms with van der Waals surface area (Å²) in [7, 11) is 0. The van der Waals surface area contributed by atoms with Crippen molar-refractivity contribution in [2.24, 2.45) is 29.6 Å². The Bertz CT molecular complexity index is 643. The quantitative estimate of drug-likeness (QED) is 0.435. The molecule has 206 valence electrons. The van der Waals surface area contributed by atoms with Gasteiger partial charge in [0.1, 0.15) is 12.2 Å². The molecule has 35 heavy (non-hydrogen) atoms. The maximum absolute atomic E-state index is 11.4. The van der Waals surface area contributed by atoms with Gasteiger partial charge in [-0.15, -0.1) is 0 Å². The number of ether oxygens (including phenoxy) is 4. The monoisotopic (exact) mass is 500 g/mol. The van der Waals surface area contributed by atoms with Gasteiger partial charge in [0, 0.05) is 11.8 Å². The molecule has 0 aromatic heterocycles. The number of unbranched alkanes of at least 4 members (excludes halogenated alkanes) is 1. The molecule has 13 atom stereocenters. The average molecular weight is 501 g/mol. The van der Waals surface area contributed by atoms with Crippen LogP contribution in [0.2, 0.25) is 0 Å². The standard InChI is InChI=1S/C28H52O7/c1-8-10-11-16(3)21-13-12-17(4)26(33-21)34-24-18(5)14-19(6)25(23(24)30)35-27-22(29)20(9-2)28(7,31)15-32-27/h16-27,29-31H,8-15H2,1-7H3/t16?,17-,18+,19-,20-,21+,22-,23+,24?,25?,26?,27?,28+/m1/s1. The normalized spacial score (nSPS) is 48.0. The minimum atomic E-state index is -1.11. The molecular weight excluding hydrogens is 448 g/mol. The van der Waals surface area contributed by atoms with Crippen LogP contribution in [0.1, 0.15) is 93.4 Å². The summed E-state index contributed by atoms with van der Waals surface area (Å²) in [5, 5.41) is 32.9. The maximum atomic E-state index is 11.4. The molecule has 3 N–H and O–H groups in total. The number of hydrogen-bond acceptors (Lipinski definition) is 7. The van der Waals surface area contributed by atoms with Crippen molar-refractivity contribution in [2.45, 2.75) is 142 Å². The molecule has 7 heteroatoms. The number of aliphatic hydroxyl groups is 3. The van der Waals surface area contributed by atoms with Crippen LogP contribution in [0.25, 0.3) is 0 Å². The van der Waals surface area contributed by atoms with Crippen molar-refractivity contribution >= 4 is 0 Å². The van der Waals surface area contributed by atoms with Gasteiger partial charge in [0.05, 0.1) is 30.5 Å². The van der Waals surface area contributed by atoms with E-state index in [0.29, 0.717) is 12.3 Å². The molecule has 0 bridgehead atoms. The summed E-state index contributed by atoms with van der Waals surface area (Å²) >= 11 is 0. The summed E-state index contributed by atoms with van der Waals surface area (Å²) < 4.78 is 25.0. The van der Waals surface area contributed by atoms with Crippen LogP contribution in [-0.2, 0) is 18.9 Å². The predicted octanol–water partition coefficient (Wildman–Crippen LogP) is 4.26. The number of rotatable bonds is 9. The second-order valence-corrected chi connectivity index (χ2v) is 12.1. The van der Waals surface area contributed by atoms with Crippen LogP contribution in [-0.4, -0.2) is 70.6 Å². The van der Waals surface area contributed by atoms with E-state index in [1.807, 2.05) is 6.92 Å². The van der Waals surface area contributed by atoms with Crippen molar-refractivity contribution in [3.05, 3.63) is 0 Å². The fourth-order valence-corrected chi connectivity index (χ4v) is 6.50. The SMILES string of the molecule is CCCCC(C)[C@@H]1CC[C@@H](C)C(OC2[C@H](O)C(OC3OC[C@](C)(O)[C@H](CC)[C@H]3O)[C@H](C)C[C@@H]2C)O1. The van der Waals surface area contributed by atoms with Crippen LogP contribution in [0.3, 0.4) is 0 Å². The molecule has 0 aromatic carbocycles. The lowest BCUT2D eigenvalue weighted by Crippen LogP contribution is -2.60. The lowest BCUT2D eigenvalue weighted by molar-refractivity contribution is -0.324. The zero-order chi connectivity index (χ0) is 25.9. The second-order valence-electron chi connectivity index (χ2n) is 12.1. The molecule has 2 saturated heterocycles. The summed E-state index contributed by atoms with van der Waals surface area (Å²) in [4.78, 5) is 0. The van der Waals surface area contributed by atoms with E-state index in [4.69, 9.17) is 18.9 Å². The van der Waals surface area contributed by atoms with Gasteiger partial charge in [0.15, 0.2) is 12.6 Å². The molecule has 0 spiro atoms. The fraction of sp³-hybridized carbons (Fsp3) is 1.00. The molecule has 0 amide bonds. The van der Waals surface area contributed by atoms with E-state index < -0.39 is 36.3 Å². The smallest absolute Gasteiger partial charge is 0.184 e. The van der Waals surface area contributed by atoms with Crippen LogP contribution in [0, 0.1) is 29.6 Å². The zero-order valence-corrected chi connectivity index (χ0v) is 23.1. The Labute approximate surface area is 212 Å². The third-order valence-corrected chi connectivity index (χ3v) is 8.92. The third-order valence-electron chi connectivity index (χ3n) is 8.92. The van der Waals surface area contributed by atoms with E-state index in [2.05, 4.69) is 34.6 Å². The minimum Gasteiger partial charge on any atom is -0.388 e. The molecule has 1 saturated carbocycles. The van der Waals surface area contributed by atoms with Gasteiger partial charge in [-0.1, -0.05) is 54.4 Å². The van der Waals surface area contributed by atoms with Crippen LogP contribution in [0.4, 0.5) is 0 Å². The first-order valence-electron chi connectivity index (χ1n) is 14.2. The number of aliphatic hydroxyl groups excluding tert-OH is 2. The molecule has 3 rings (SSSR count). The van der Waals surface area contributed by atoms with Crippen molar-refractivity contribution in [3.8, 4) is 0 Å². The number of hydrogen-bond donors (Lipinski definition) is 3. The largest absolute Gasteiger partial charge is 0.388 e. The Hall–Kier alpha value is -0.280. The van der Waals surface area contributed by atoms with E-state index in [0.717, 1.165) is 25.7 Å². The lowest BCUT2D eigenvalue weighted by Gasteiger charge is -2.49. The molecule has 3 fully saturated rings. The first-order valence-corrected chi connectivity index (χ1v) is 14.2. The average Bonchev–Trinajstić information content (AvgIpc) is 2.80. The van der Waals surface area contributed by atoms with Gasteiger partial charge >= 0.3 is 0 Å². The maximum Gasteiger partial charge on any atom is 0.184 e. The lowest BCUT2D eigenvalue weighted by atomic mass is 9.76. The van der Waals surface area contributed by atoms with E-state index in [9.17, 15) is 15.3 Å². The highest BCUT2D eigenvalue weighted by molar-refractivity contribution is 4.95. The van der Waals surface area contributed by atoms with E-state index in [1.165, 1.54) is 12.8 Å². The highest BCUT2D eigenvalue weighted by Gasteiger charge is 2.50. The van der Waals surface area contributed by atoms with Crippen molar-refractivity contribution in [1.29, 1.82) is 0 Å². The molecule has 0 radical (unpaired) electrons. The molecule has 5 unspecified atom stereocenters. The van der Waals surface area contributed by atoms with Gasteiger partial charge in [0.2, 0.25) is 0 Å². The molecule has 7 nitrogen and oxygen atoms in total. The van der Waals surface area contributed by atoms with Gasteiger partial charge in [-0.05, 0) is 56.8 Å². The molecule has 2 aliphatic heterocycles. The Morgan fingerprint density at radius 2 is 1.57 bits per heavy atom. The first kappa shape index (κ1) is 29.3. The van der Waals surface area contributed by atoms with E-state index >= 15 is 0 Å². The Morgan fingerprint density at radius 1 is 0.943 bits per heavy atom. The van der Waals surface area contributed by atoms with Crippen LogP contribution in [0.15, 0.2) is 0 Å². The van der Waals surface area contributed by atoms with Gasteiger partial charge in [0.25, 0.3) is 0 Å². The Balaban J connectivity index is 1.66. The van der Waals surface area contributed by atoms with Crippen molar-refractivity contribution in [3.63, 3.8) is 0 Å². The van der Waals surface area contributed by atoms with Gasteiger partial charge < -0.3 is 34.3 Å². The summed E-state index contributed by atoms with van der Waals surface area (Å²) in [5.74, 6) is 0.622. The summed E-state index contributed by atoms with van der Waals surface area (Å²) in [6, 6.07) is 0. The Kier molecular flexibility index (Phi) is 10.5. The van der Waals surface area contributed by atoms with Crippen LogP contribution < -0.4 is 0 Å². The Morgan fingerprint density at radius 3 is 2.17 bits per heavy atom. The molecule has 1 aliphatic carbocycles. The van der Waals surface area contributed by atoms with E-state index in [-0.39, 0.29) is 42.7 Å². The minimum absolute atomic E-state index is 0.0738. The third kappa shape index (κ3) is 6.78. The second kappa shape index (κ2) is 12.5. The zero-order valence-electron chi connectivity index (χ0n) is 23.1. The van der Waals surface area contributed by atoms with Gasteiger partial charge in [-0.2, -0.15) is 0 Å². The highest BCUT2D eigenvalue weighted by Crippen LogP contribution is 2.40. The molecular formula is C28H52O7. The summed E-state index contributed by atoms with van der Waals surface area (Å²) in [6.07, 6.45) is 3.30. The van der Waals surface area contributed by atoms with Gasteiger partial charge in [-0.25, -0.2) is 0 Å². The predicted molar refractivity (Wildman–Crippen MR) is 135 cm³/mol. The van der Waals surface area contributed by atoms with Crippen molar-refractivity contribution in [1.82, 2.24) is 0 Å². The fourth-order valence-electron chi connectivity index (χ4n) is 6.50. The van der Waals surface area contributed by atoms with Gasteiger partial charge in [-0.3, -0.25) is 0 Å².